The molecule has 238 valence electrons. The minimum Gasteiger partial charge on any atom is -0.455 e. The molecule has 0 unspecified atom stereocenters. The van der Waals surface area contributed by atoms with Crippen LogP contribution in [0.5, 0.6) is 0 Å². The molecule has 0 fully saturated rings. The van der Waals surface area contributed by atoms with Gasteiger partial charge in [-0.05, 0) is 42.5 Å². The Morgan fingerprint density at radius 3 is 1.94 bits per heavy atom. The van der Waals surface area contributed by atoms with E-state index in [-0.39, 0.29) is 17.2 Å². The topological polar surface area (TPSA) is 56.7 Å². The van der Waals surface area contributed by atoms with Crippen LogP contribution >= 0.6 is 11.3 Å². The fourth-order valence-electron chi connectivity index (χ4n) is 7.32. The zero-order valence-corrected chi connectivity index (χ0v) is 27.5. The van der Waals surface area contributed by atoms with E-state index in [0.29, 0.717) is 22.6 Å². The summed E-state index contributed by atoms with van der Waals surface area (Å²) < 4.78 is 53.8. The normalized spacial score (nSPS) is 13.3. The van der Waals surface area contributed by atoms with E-state index in [2.05, 4.69) is 77.4 Å². The molecule has 5 nitrogen and oxygen atoms in total. The first-order valence-electron chi connectivity index (χ1n) is 19.0. The van der Waals surface area contributed by atoms with Gasteiger partial charge >= 0.3 is 0 Å². The average Bonchev–Trinajstić information content (AvgIpc) is 3.91. The van der Waals surface area contributed by atoms with Gasteiger partial charge in [-0.25, -0.2) is 15.0 Å². The van der Waals surface area contributed by atoms with Crippen LogP contribution in [0.1, 0.15) is 6.85 Å². The smallest absolute Gasteiger partial charge is 0.167 e. The summed E-state index contributed by atoms with van der Waals surface area (Å²) in [5, 5.41) is 6.28. The van der Waals surface area contributed by atoms with E-state index in [0.717, 1.165) is 53.2 Å². The number of furan rings is 1. The lowest BCUT2D eigenvalue weighted by Gasteiger charge is -2.09. The molecule has 4 heterocycles. The molecular formula is C45H26N4OS. The second kappa shape index (κ2) is 10.9. The molecule has 0 radical (unpaired) electrons. The van der Waals surface area contributed by atoms with Crippen molar-refractivity contribution >= 4 is 75.3 Å². The molecule has 11 rings (SSSR count). The molecule has 6 heteroatoms. The van der Waals surface area contributed by atoms with E-state index >= 15 is 0 Å². The number of hydrogen-bond donors (Lipinski definition) is 0. The van der Waals surface area contributed by atoms with Crippen molar-refractivity contribution in [2.45, 2.75) is 0 Å². The van der Waals surface area contributed by atoms with E-state index in [9.17, 15) is 0 Å². The lowest BCUT2D eigenvalue weighted by molar-refractivity contribution is 0.669. The van der Waals surface area contributed by atoms with Crippen molar-refractivity contribution in [2.75, 3.05) is 0 Å². The van der Waals surface area contributed by atoms with Crippen LogP contribution in [-0.4, -0.2) is 19.5 Å². The molecule has 7 aromatic carbocycles. The van der Waals surface area contributed by atoms with Crippen LogP contribution in [0.15, 0.2) is 162 Å². The summed E-state index contributed by atoms with van der Waals surface area (Å²) in [5.41, 5.74) is 5.61. The molecule has 0 aliphatic heterocycles. The third-order valence-corrected chi connectivity index (χ3v) is 10.8. The Hall–Kier alpha value is -6.63. The summed E-state index contributed by atoms with van der Waals surface area (Å²) in [7, 11) is 0. The average molecular weight is 676 g/mol. The molecule has 0 bridgehead atoms. The second-order valence-electron chi connectivity index (χ2n) is 12.4. The van der Waals surface area contributed by atoms with Gasteiger partial charge in [-0.1, -0.05) is 109 Å². The lowest BCUT2D eigenvalue weighted by atomic mass is 10.1. The van der Waals surface area contributed by atoms with Crippen LogP contribution in [0.3, 0.4) is 0 Å². The Balaban J connectivity index is 1.16. The lowest BCUT2D eigenvalue weighted by Crippen LogP contribution is -2.00. The summed E-state index contributed by atoms with van der Waals surface area (Å²) in [4.78, 5) is 14.8. The summed E-state index contributed by atoms with van der Waals surface area (Å²) >= 11 is 1.63. The first-order valence-corrected chi connectivity index (χ1v) is 17.4. The molecule has 0 saturated carbocycles. The molecule has 0 amide bonds. The predicted octanol–water partition coefficient (Wildman–Crippen LogP) is 12.2. The number of fused-ring (bicyclic) bond motifs is 9. The maximum atomic E-state index is 8.82. The molecule has 0 aliphatic rings. The standard InChI is InChI=1S/C45H26N4OS/c1-2-12-27(13-3-1)43-46-44(48-45(47-43)36-20-11-18-34-32-16-6-9-23-40(32)51-42(34)36)35-19-10-17-33-31-25-24-28(26-39(31)50-41(33)35)49-37-21-7-4-14-29(37)30-15-5-8-22-38(30)49/h1-26H/i1D,2D,3D,12D,13D. The summed E-state index contributed by atoms with van der Waals surface area (Å²) in [6.45, 7) is 0. The van der Waals surface area contributed by atoms with Crippen molar-refractivity contribution in [3.05, 3.63) is 158 Å². The minimum absolute atomic E-state index is 0.0260. The van der Waals surface area contributed by atoms with Gasteiger partial charge in [0, 0.05) is 64.6 Å². The second-order valence-corrected chi connectivity index (χ2v) is 13.5. The van der Waals surface area contributed by atoms with Crippen LogP contribution in [0.25, 0.3) is 104 Å². The highest BCUT2D eigenvalue weighted by Crippen LogP contribution is 2.41. The highest BCUT2D eigenvalue weighted by Gasteiger charge is 2.20. The first-order chi connectivity index (χ1) is 27.4. The van der Waals surface area contributed by atoms with Crippen molar-refractivity contribution in [1.29, 1.82) is 0 Å². The number of rotatable bonds is 4. The van der Waals surface area contributed by atoms with Crippen LogP contribution < -0.4 is 0 Å². The zero-order valence-electron chi connectivity index (χ0n) is 31.7. The summed E-state index contributed by atoms with van der Waals surface area (Å²) in [6.07, 6.45) is 0. The molecule has 0 atom stereocenters. The van der Waals surface area contributed by atoms with E-state index in [1.54, 1.807) is 11.3 Å². The quantitative estimate of drug-likeness (QED) is 0.186. The van der Waals surface area contributed by atoms with E-state index in [1.165, 1.54) is 10.8 Å². The molecule has 4 aromatic heterocycles. The van der Waals surface area contributed by atoms with Gasteiger partial charge in [0.2, 0.25) is 0 Å². The summed E-state index contributed by atoms with van der Waals surface area (Å²) in [5.74, 6) is 0.541. The van der Waals surface area contributed by atoms with Crippen LogP contribution in [0.4, 0.5) is 0 Å². The van der Waals surface area contributed by atoms with Crippen molar-refractivity contribution in [2.24, 2.45) is 0 Å². The molecule has 0 spiro atoms. The van der Waals surface area contributed by atoms with Gasteiger partial charge < -0.3 is 8.98 Å². The highest BCUT2D eigenvalue weighted by atomic mass is 32.1. The third-order valence-electron chi connectivity index (χ3n) is 9.57. The number of hydrogen-bond acceptors (Lipinski definition) is 5. The van der Waals surface area contributed by atoms with Gasteiger partial charge in [-0.15, -0.1) is 11.3 Å². The van der Waals surface area contributed by atoms with Gasteiger partial charge in [0.15, 0.2) is 17.5 Å². The fraction of sp³-hybridized carbons (Fsp3) is 0. The van der Waals surface area contributed by atoms with Crippen LogP contribution in [-0.2, 0) is 0 Å². The van der Waals surface area contributed by atoms with Crippen molar-refractivity contribution in [1.82, 2.24) is 19.5 Å². The highest BCUT2D eigenvalue weighted by molar-refractivity contribution is 7.26. The Labute approximate surface area is 302 Å². The maximum Gasteiger partial charge on any atom is 0.167 e. The van der Waals surface area contributed by atoms with Gasteiger partial charge in [0.1, 0.15) is 11.2 Å². The van der Waals surface area contributed by atoms with Gasteiger partial charge in [0.25, 0.3) is 0 Å². The van der Waals surface area contributed by atoms with E-state index in [1.807, 2.05) is 54.6 Å². The minimum atomic E-state index is -0.486. The van der Waals surface area contributed by atoms with E-state index < -0.39 is 30.2 Å². The molecule has 11 aromatic rings. The molecular weight excluding hydrogens is 645 g/mol. The van der Waals surface area contributed by atoms with Gasteiger partial charge in [-0.2, -0.15) is 0 Å². The molecule has 0 aliphatic carbocycles. The SMILES string of the molecule is [2H]c1c([2H])c([2H])c(-c2nc(-c3cccc4c3oc3cc(-n5c6ccccc6c6ccccc65)ccc34)nc(-c3cccc4c3sc3ccccc34)n2)c([2H])c1[2H]. The fourth-order valence-corrected chi connectivity index (χ4v) is 8.53. The summed E-state index contributed by atoms with van der Waals surface area (Å²) in [6, 6.07) is 40.7. The Kier molecular flexibility index (Phi) is 5.08. The Bertz CT molecular complexity index is 3380. The van der Waals surface area contributed by atoms with E-state index in [4.69, 9.17) is 26.2 Å². The Morgan fingerprint density at radius 2 is 1.16 bits per heavy atom. The third kappa shape index (κ3) is 4.30. The number of thiophene rings is 1. The number of para-hydroxylation sites is 3. The number of benzene rings is 7. The van der Waals surface area contributed by atoms with Crippen molar-refractivity contribution < 1.29 is 11.3 Å². The molecule has 51 heavy (non-hydrogen) atoms. The maximum absolute atomic E-state index is 8.82. The zero-order chi connectivity index (χ0) is 37.8. The van der Waals surface area contributed by atoms with Crippen LogP contribution in [0, 0.1) is 0 Å². The Morgan fingerprint density at radius 1 is 0.529 bits per heavy atom. The van der Waals surface area contributed by atoms with Gasteiger partial charge in [-0.3, -0.25) is 0 Å². The predicted molar refractivity (Wildman–Crippen MR) is 211 cm³/mol. The largest absolute Gasteiger partial charge is 0.455 e. The van der Waals surface area contributed by atoms with Gasteiger partial charge in [0.05, 0.1) is 23.5 Å². The van der Waals surface area contributed by atoms with Crippen molar-refractivity contribution in [3.63, 3.8) is 0 Å². The van der Waals surface area contributed by atoms with Crippen molar-refractivity contribution in [3.8, 4) is 39.9 Å². The first kappa shape index (κ1) is 23.7. The monoisotopic (exact) mass is 675 g/mol. The number of nitrogens with zero attached hydrogens (tertiary/aromatic N) is 4. The molecule has 0 saturated heterocycles. The van der Waals surface area contributed by atoms with Crippen LogP contribution in [0.2, 0.25) is 0 Å². The molecule has 0 N–H and O–H groups in total. The number of aromatic nitrogens is 4.